The van der Waals surface area contributed by atoms with Crippen molar-refractivity contribution in [3.05, 3.63) is 60.2 Å². The van der Waals surface area contributed by atoms with Crippen LogP contribution in [0.4, 0.5) is 0 Å². The first-order valence-corrected chi connectivity index (χ1v) is 10.7. The van der Waals surface area contributed by atoms with Crippen molar-refractivity contribution < 1.29 is 0 Å². The van der Waals surface area contributed by atoms with E-state index in [1.165, 1.54) is 71.6 Å². The molecule has 2 heterocycles. The second-order valence-electron chi connectivity index (χ2n) is 6.85. The first-order valence-electron chi connectivity index (χ1n) is 9.10. The van der Waals surface area contributed by atoms with Gasteiger partial charge in [0.25, 0.3) is 0 Å². The number of hydrogen-bond donors (Lipinski definition) is 0. The van der Waals surface area contributed by atoms with Gasteiger partial charge in [-0.3, -0.25) is 0 Å². The Bertz CT molecular complexity index is 1210. The molecule has 0 spiro atoms. The van der Waals surface area contributed by atoms with Gasteiger partial charge in [-0.05, 0) is 47.4 Å². The minimum absolute atomic E-state index is 1.21. The van der Waals surface area contributed by atoms with E-state index >= 15 is 0 Å². The molecule has 2 aromatic heterocycles. The SMILES string of the molecule is CCCCCc1ccc2c(c1)sc1c3cc4ccccc4cc3sc21. The van der Waals surface area contributed by atoms with Gasteiger partial charge < -0.3 is 0 Å². The summed E-state index contributed by atoms with van der Waals surface area (Å²) < 4.78 is 5.79. The number of rotatable bonds is 4. The van der Waals surface area contributed by atoms with Gasteiger partial charge in [-0.25, -0.2) is 0 Å². The molecular weight excluding hydrogens is 340 g/mol. The predicted octanol–water partition coefficient (Wildman–Crippen LogP) is 8.16. The van der Waals surface area contributed by atoms with Crippen LogP contribution in [-0.4, -0.2) is 0 Å². The zero-order valence-corrected chi connectivity index (χ0v) is 16.0. The first-order chi connectivity index (χ1) is 12.3. The predicted molar refractivity (Wildman–Crippen MR) is 115 cm³/mol. The molecule has 124 valence electrons. The average Bonchev–Trinajstić information content (AvgIpc) is 3.15. The molecule has 0 saturated carbocycles. The molecule has 0 aliphatic heterocycles. The number of fused-ring (bicyclic) bond motifs is 6. The molecule has 0 unspecified atom stereocenters. The molecular formula is C23H20S2. The van der Waals surface area contributed by atoms with Crippen LogP contribution in [0, 0.1) is 0 Å². The van der Waals surface area contributed by atoms with E-state index in [1.54, 1.807) is 0 Å². The molecule has 0 nitrogen and oxygen atoms in total. The fourth-order valence-electron chi connectivity index (χ4n) is 3.72. The Morgan fingerprint density at radius 3 is 2.24 bits per heavy atom. The van der Waals surface area contributed by atoms with Crippen molar-refractivity contribution >= 4 is 63.0 Å². The third-order valence-electron chi connectivity index (χ3n) is 5.08. The van der Waals surface area contributed by atoms with Gasteiger partial charge >= 0.3 is 0 Å². The van der Waals surface area contributed by atoms with E-state index in [1.807, 2.05) is 22.7 Å². The summed E-state index contributed by atoms with van der Waals surface area (Å²) in [5, 5.41) is 5.54. The highest BCUT2D eigenvalue weighted by Crippen LogP contribution is 2.45. The molecule has 0 amide bonds. The average molecular weight is 361 g/mol. The summed E-state index contributed by atoms with van der Waals surface area (Å²) in [6, 6.07) is 20.5. The van der Waals surface area contributed by atoms with Crippen LogP contribution in [0.15, 0.2) is 54.6 Å². The summed E-state index contributed by atoms with van der Waals surface area (Å²) in [5.74, 6) is 0. The van der Waals surface area contributed by atoms with E-state index in [0.717, 1.165) is 0 Å². The van der Waals surface area contributed by atoms with E-state index in [9.17, 15) is 0 Å². The van der Waals surface area contributed by atoms with Gasteiger partial charge in [0.15, 0.2) is 0 Å². The van der Waals surface area contributed by atoms with E-state index in [0.29, 0.717) is 0 Å². The van der Waals surface area contributed by atoms with Crippen molar-refractivity contribution in [2.75, 3.05) is 0 Å². The third-order valence-corrected chi connectivity index (χ3v) is 7.58. The fourth-order valence-corrected chi connectivity index (χ4v) is 6.46. The topological polar surface area (TPSA) is 0 Å². The largest absolute Gasteiger partial charge is 0.134 e. The lowest BCUT2D eigenvalue weighted by molar-refractivity contribution is 0.718. The molecule has 0 N–H and O–H groups in total. The second-order valence-corrected chi connectivity index (χ2v) is 8.95. The lowest BCUT2D eigenvalue weighted by Gasteiger charge is -2.01. The highest BCUT2D eigenvalue weighted by molar-refractivity contribution is 7.36. The lowest BCUT2D eigenvalue weighted by Crippen LogP contribution is -1.84. The normalized spacial score (nSPS) is 12.0. The molecule has 5 rings (SSSR count). The molecule has 2 heteroatoms. The molecule has 0 aliphatic rings. The van der Waals surface area contributed by atoms with Crippen LogP contribution in [-0.2, 0) is 6.42 Å². The van der Waals surface area contributed by atoms with E-state index in [2.05, 4.69) is 61.5 Å². The van der Waals surface area contributed by atoms with Gasteiger partial charge in [0.2, 0.25) is 0 Å². The minimum atomic E-state index is 1.21. The van der Waals surface area contributed by atoms with Gasteiger partial charge in [0.1, 0.15) is 0 Å². The highest BCUT2D eigenvalue weighted by Gasteiger charge is 2.13. The van der Waals surface area contributed by atoms with Gasteiger partial charge in [-0.15, -0.1) is 22.7 Å². The van der Waals surface area contributed by atoms with Crippen molar-refractivity contribution in [1.82, 2.24) is 0 Å². The maximum Gasteiger partial charge on any atom is 0.0542 e. The van der Waals surface area contributed by atoms with Gasteiger partial charge in [-0.1, -0.05) is 56.2 Å². The third kappa shape index (κ3) is 2.56. The maximum atomic E-state index is 2.43. The summed E-state index contributed by atoms with van der Waals surface area (Å²) in [6.07, 6.45) is 5.13. The van der Waals surface area contributed by atoms with E-state index in [-0.39, 0.29) is 0 Å². The van der Waals surface area contributed by atoms with E-state index in [4.69, 9.17) is 0 Å². The molecule has 0 aliphatic carbocycles. The number of thiophene rings is 2. The van der Waals surface area contributed by atoms with Crippen molar-refractivity contribution in [3.8, 4) is 0 Å². The van der Waals surface area contributed by atoms with Crippen LogP contribution in [0.2, 0.25) is 0 Å². The molecule has 0 radical (unpaired) electrons. The molecule has 0 saturated heterocycles. The number of aryl methyl sites for hydroxylation is 1. The van der Waals surface area contributed by atoms with E-state index < -0.39 is 0 Å². The van der Waals surface area contributed by atoms with Crippen molar-refractivity contribution in [2.45, 2.75) is 32.6 Å². The summed E-state index contributed by atoms with van der Waals surface area (Å²) in [5.41, 5.74) is 1.49. The number of benzene rings is 3. The Kier molecular flexibility index (Phi) is 3.76. The summed E-state index contributed by atoms with van der Waals surface area (Å²) in [7, 11) is 0. The van der Waals surface area contributed by atoms with Crippen LogP contribution in [0.25, 0.3) is 40.3 Å². The lowest BCUT2D eigenvalue weighted by atomic mass is 10.1. The monoisotopic (exact) mass is 360 g/mol. The van der Waals surface area contributed by atoms with Crippen LogP contribution in [0.1, 0.15) is 31.7 Å². The standard InChI is InChI=1S/C23H20S2/c1-2-3-4-7-15-10-11-18-20(12-15)24-23-19-13-16-8-5-6-9-17(16)14-21(19)25-22(18)23/h5-6,8-14H,2-4,7H2,1H3. The molecule has 0 atom stereocenters. The highest BCUT2D eigenvalue weighted by atomic mass is 32.1. The Labute approximate surface area is 155 Å². The second kappa shape index (κ2) is 6.12. The number of unbranched alkanes of at least 4 members (excludes halogenated alkanes) is 2. The fraction of sp³-hybridized carbons (Fsp3) is 0.217. The number of hydrogen-bond acceptors (Lipinski definition) is 2. The van der Waals surface area contributed by atoms with Gasteiger partial charge in [-0.2, -0.15) is 0 Å². The Morgan fingerprint density at radius 1 is 0.720 bits per heavy atom. The quantitative estimate of drug-likeness (QED) is 0.284. The maximum absolute atomic E-state index is 2.43. The Hall–Kier alpha value is -1.90. The molecule has 3 aromatic carbocycles. The summed E-state index contributed by atoms with van der Waals surface area (Å²) in [4.78, 5) is 0. The molecule has 0 bridgehead atoms. The molecule has 5 aromatic rings. The van der Waals surface area contributed by atoms with Crippen LogP contribution < -0.4 is 0 Å². The van der Waals surface area contributed by atoms with Gasteiger partial charge in [0.05, 0.1) is 9.40 Å². The molecule has 25 heavy (non-hydrogen) atoms. The van der Waals surface area contributed by atoms with Crippen molar-refractivity contribution in [3.63, 3.8) is 0 Å². The van der Waals surface area contributed by atoms with Gasteiger partial charge in [0, 0.05) is 20.2 Å². The Morgan fingerprint density at radius 2 is 1.44 bits per heavy atom. The van der Waals surface area contributed by atoms with Crippen molar-refractivity contribution in [1.29, 1.82) is 0 Å². The van der Waals surface area contributed by atoms with Crippen LogP contribution in [0.3, 0.4) is 0 Å². The molecule has 0 fully saturated rings. The van der Waals surface area contributed by atoms with Crippen LogP contribution in [0.5, 0.6) is 0 Å². The van der Waals surface area contributed by atoms with Crippen LogP contribution >= 0.6 is 22.7 Å². The summed E-state index contributed by atoms with van der Waals surface area (Å²) >= 11 is 3.92. The first kappa shape index (κ1) is 15.4. The zero-order chi connectivity index (χ0) is 16.8. The summed E-state index contributed by atoms with van der Waals surface area (Å²) in [6.45, 7) is 2.27. The minimum Gasteiger partial charge on any atom is -0.134 e. The smallest absolute Gasteiger partial charge is 0.0542 e. The van der Waals surface area contributed by atoms with Crippen molar-refractivity contribution in [2.24, 2.45) is 0 Å². The zero-order valence-electron chi connectivity index (χ0n) is 14.3. The Balaban J connectivity index is 1.69.